The van der Waals surface area contributed by atoms with Crippen molar-refractivity contribution in [3.05, 3.63) is 18.0 Å². The molecule has 1 saturated carbocycles. The zero-order chi connectivity index (χ0) is 14.4. The maximum Gasteiger partial charge on any atom is 0.0762 e. The molecule has 1 aromatic heterocycles. The lowest BCUT2D eigenvalue weighted by Crippen LogP contribution is -2.36. The fraction of sp³-hybridized carbons (Fsp3) is 0.812. The van der Waals surface area contributed by atoms with Gasteiger partial charge >= 0.3 is 0 Å². The maximum atomic E-state index is 9.56. The molecule has 4 nitrogen and oxygen atoms in total. The topological polar surface area (TPSA) is 50.1 Å². The van der Waals surface area contributed by atoms with Gasteiger partial charge in [0.15, 0.2) is 0 Å². The molecule has 0 radical (unpaired) electrons. The first kappa shape index (κ1) is 15.5. The van der Waals surface area contributed by atoms with Gasteiger partial charge in [0.1, 0.15) is 0 Å². The first-order valence-electron chi connectivity index (χ1n) is 8.08. The molecule has 0 aromatic carbocycles. The smallest absolute Gasteiger partial charge is 0.0762 e. The van der Waals surface area contributed by atoms with E-state index in [-0.39, 0.29) is 12.0 Å². The van der Waals surface area contributed by atoms with Crippen LogP contribution >= 0.6 is 0 Å². The van der Waals surface area contributed by atoms with Gasteiger partial charge in [0.2, 0.25) is 0 Å². The van der Waals surface area contributed by atoms with Gasteiger partial charge in [-0.3, -0.25) is 4.68 Å². The molecule has 1 aliphatic rings. The summed E-state index contributed by atoms with van der Waals surface area (Å²) in [7, 11) is 0. The highest BCUT2D eigenvalue weighted by molar-refractivity contribution is 5.00. The Hall–Kier alpha value is -0.870. The van der Waals surface area contributed by atoms with Crippen molar-refractivity contribution in [1.29, 1.82) is 0 Å². The minimum atomic E-state index is 0.0218. The third-order valence-corrected chi connectivity index (χ3v) is 5.00. The molecular weight excluding hydrogens is 250 g/mol. The second-order valence-corrected chi connectivity index (χ2v) is 6.19. The van der Waals surface area contributed by atoms with Crippen molar-refractivity contribution in [2.75, 3.05) is 13.2 Å². The van der Waals surface area contributed by atoms with Crippen molar-refractivity contribution in [3.8, 4) is 0 Å². The fourth-order valence-corrected chi connectivity index (χ4v) is 3.08. The van der Waals surface area contributed by atoms with Crippen LogP contribution in [0.3, 0.4) is 0 Å². The molecule has 1 fully saturated rings. The van der Waals surface area contributed by atoms with E-state index in [9.17, 15) is 5.11 Å². The van der Waals surface area contributed by atoms with Gasteiger partial charge < -0.3 is 10.4 Å². The Bertz CT molecular complexity index is 384. The van der Waals surface area contributed by atoms with Crippen molar-refractivity contribution < 1.29 is 5.11 Å². The Morgan fingerprint density at radius 1 is 1.35 bits per heavy atom. The van der Waals surface area contributed by atoms with Crippen LogP contribution < -0.4 is 5.32 Å². The third-order valence-electron chi connectivity index (χ3n) is 5.00. The molecule has 1 aromatic rings. The quantitative estimate of drug-likeness (QED) is 0.769. The van der Waals surface area contributed by atoms with Crippen LogP contribution in [0.2, 0.25) is 0 Å². The Labute approximate surface area is 122 Å². The van der Waals surface area contributed by atoms with Crippen LogP contribution in [0.15, 0.2) is 12.3 Å². The van der Waals surface area contributed by atoms with Crippen LogP contribution in [-0.4, -0.2) is 28.0 Å². The lowest BCUT2D eigenvalue weighted by Gasteiger charge is -2.29. The zero-order valence-corrected chi connectivity index (χ0v) is 12.9. The summed E-state index contributed by atoms with van der Waals surface area (Å²) >= 11 is 0. The van der Waals surface area contributed by atoms with Crippen molar-refractivity contribution in [2.24, 2.45) is 5.41 Å². The molecule has 0 unspecified atom stereocenters. The molecule has 0 spiro atoms. The van der Waals surface area contributed by atoms with Gasteiger partial charge in [-0.1, -0.05) is 26.7 Å². The molecule has 4 heteroatoms. The summed E-state index contributed by atoms with van der Waals surface area (Å²) in [5.74, 6) is 0. The molecule has 0 saturated heterocycles. The Morgan fingerprint density at radius 2 is 2.05 bits per heavy atom. The predicted octanol–water partition coefficient (Wildman–Crippen LogP) is 2.89. The van der Waals surface area contributed by atoms with Gasteiger partial charge in [-0.2, -0.15) is 5.10 Å². The Kier molecular flexibility index (Phi) is 5.61. The van der Waals surface area contributed by atoms with Crippen LogP contribution in [0.1, 0.15) is 64.1 Å². The van der Waals surface area contributed by atoms with Crippen molar-refractivity contribution in [1.82, 2.24) is 15.1 Å². The largest absolute Gasteiger partial charge is 0.396 e. The van der Waals surface area contributed by atoms with Gasteiger partial charge in [0.05, 0.1) is 11.7 Å². The molecule has 2 N–H and O–H groups in total. The van der Waals surface area contributed by atoms with E-state index in [0.29, 0.717) is 6.04 Å². The van der Waals surface area contributed by atoms with Crippen LogP contribution in [-0.2, 0) is 6.54 Å². The van der Waals surface area contributed by atoms with Gasteiger partial charge in [0, 0.05) is 31.3 Å². The number of aromatic nitrogens is 2. The second-order valence-electron chi connectivity index (χ2n) is 6.19. The molecule has 0 bridgehead atoms. The number of nitrogens with zero attached hydrogens (tertiary/aromatic N) is 2. The number of aliphatic hydroxyl groups excluding tert-OH is 1. The Balaban J connectivity index is 1.82. The molecule has 2 rings (SSSR count). The summed E-state index contributed by atoms with van der Waals surface area (Å²) in [4.78, 5) is 0. The molecule has 0 amide bonds. The standard InChI is InChI=1S/C16H29N3O/c1-3-16(4-2,13-20)12-17-11-14-9-10-19(18-14)15-7-5-6-8-15/h9-10,15,17,20H,3-8,11-13H2,1-2H3. The summed E-state index contributed by atoms with van der Waals surface area (Å²) in [5, 5.41) is 17.7. The molecule has 1 heterocycles. The zero-order valence-electron chi connectivity index (χ0n) is 12.9. The number of hydrogen-bond acceptors (Lipinski definition) is 3. The summed E-state index contributed by atoms with van der Waals surface area (Å²) in [6, 6.07) is 2.73. The number of nitrogens with one attached hydrogen (secondary N) is 1. The lowest BCUT2D eigenvalue weighted by atomic mass is 9.83. The van der Waals surface area contributed by atoms with Gasteiger partial charge in [-0.05, 0) is 31.7 Å². The van der Waals surface area contributed by atoms with E-state index in [2.05, 4.69) is 41.2 Å². The molecular formula is C16H29N3O. The van der Waals surface area contributed by atoms with E-state index < -0.39 is 0 Å². The lowest BCUT2D eigenvalue weighted by molar-refractivity contribution is 0.113. The van der Waals surface area contributed by atoms with Gasteiger partial charge in [-0.15, -0.1) is 0 Å². The first-order valence-corrected chi connectivity index (χ1v) is 8.08. The number of aliphatic hydroxyl groups is 1. The highest BCUT2D eigenvalue weighted by Gasteiger charge is 2.24. The van der Waals surface area contributed by atoms with Crippen molar-refractivity contribution >= 4 is 0 Å². The summed E-state index contributed by atoms with van der Waals surface area (Å²) in [5.41, 5.74) is 1.13. The molecule has 1 aliphatic carbocycles. The molecule has 114 valence electrons. The van der Waals surface area contributed by atoms with E-state index in [4.69, 9.17) is 0 Å². The minimum absolute atomic E-state index is 0.0218. The van der Waals surface area contributed by atoms with Crippen LogP contribution in [0.25, 0.3) is 0 Å². The van der Waals surface area contributed by atoms with Crippen molar-refractivity contribution in [3.63, 3.8) is 0 Å². The minimum Gasteiger partial charge on any atom is -0.396 e. The summed E-state index contributed by atoms with van der Waals surface area (Å²) in [6.07, 6.45) is 9.34. The monoisotopic (exact) mass is 279 g/mol. The van der Waals surface area contributed by atoms with E-state index in [1.165, 1.54) is 25.7 Å². The SMILES string of the molecule is CCC(CC)(CO)CNCc1ccn(C2CCCC2)n1. The molecule has 0 aliphatic heterocycles. The normalized spacial score (nSPS) is 16.9. The van der Waals surface area contributed by atoms with Crippen LogP contribution in [0.4, 0.5) is 0 Å². The van der Waals surface area contributed by atoms with Crippen LogP contribution in [0.5, 0.6) is 0 Å². The average molecular weight is 279 g/mol. The fourth-order valence-electron chi connectivity index (χ4n) is 3.08. The second kappa shape index (κ2) is 7.23. The highest BCUT2D eigenvalue weighted by Crippen LogP contribution is 2.28. The summed E-state index contributed by atoms with van der Waals surface area (Å²) < 4.78 is 2.14. The highest BCUT2D eigenvalue weighted by atomic mass is 16.3. The van der Waals surface area contributed by atoms with E-state index in [1.807, 2.05) is 0 Å². The first-order chi connectivity index (χ1) is 9.73. The van der Waals surface area contributed by atoms with E-state index >= 15 is 0 Å². The van der Waals surface area contributed by atoms with Crippen molar-refractivity contribution in [2.45, 2.75) is 65.0 Å². The third kappa shape index (κ3) is 3.61. The van der Waals surface area contributed by atoms with Gasteiger partial charge in [0.25, 0.3) is 0 Å². The maximum absolute atomic E-state index is 9.56. The predicted molar refractivity (Wildman–Crippen MR) is 81.5 cm³/mol. The van der Waals surface area contributed by atoms with Crippen LogP contribution in [0, 0.1) is 5.41 Å². The van der Waals surface area contributed by atoms with Gasteiger partial charge in [-0.25, -0.2) is 0 Å². The summed E-state index contributed by atoms with van der Waals surface area (Å²) in [6.45, 7) is 6.20. The van der Waals surface area contributed by atoms with E-state index in [1.54, 1.807) is 0 Å². The number of rotatable bonds is 8. The number of hydrogen-bond donors (Lipinski definition) is 2. The average Bonchev–Trinajstić information content (AvgIpc) is 3.15. The molecule has 20 heavy (non-hydrogen) atoms. The Morgan fingerprint density at radius 3 is 2.65 bits per heavy atom. The van der Waals surface area contributed by atoms with E-state index in [0.717, 1.165) is 31.6 Å². The molecule has 0 atom stereocenters.